The predicted octanol–water partition coefficient (Wildman–Crippen LogP) is 8.96. The summed E-state index contributed by atoms with van der Waals surface area (Å²) in [6, 6.07) is 38.4. The Morgan fingerprint density at radius 3 is 1.33 bits per heavy atom. The first-order valence-electron chi connectivity index (χ1n) is 20.1. The van der Waals surface area contributed by atoms with Crippen molar-refractivity contribution in [3.8, 4) is 23.0 Å². The summed E-state index contributed by atoms with van der Waals surface area (Å²) in [5, 5.41) is 4.66. The van der Waals surface area contributed by atoms with Gasteiger partial charge in [0.2, 0.25) is 13.6 Å². The summed E-state index contributed by atoms with van der Waals surface area (Å²) >= 11 is 0. The zero-order valence-corrected chi connectivity index (χ0v) is 32.6. The van der Waals surface area contributed by atoms with E-state index in [1.165, 1.54) is 33.0 Å². The molecule has 4 unspecified atom stereocenters. The average Bonchev–Trinajstić information content (AvgIpc) is 3.97. The first-order chi connectivity index (χ1) is 27.8. The molecule has 6 aromatic carbocycles. The number of ether oxygens (including phenoxy) is 8. The minimum atomic E-state index is -0.0195. The van der Waals surface area contributed by atoms with E-state index in [0.29, 0.717) is 0 Å². The Labute approximate surface area is 333 Å². The van der Waals surface area contributed by atoms with Crippen LogP contribution in [0, 0.1) is 0 Å². The number of rotatable bonds is 18. The second-order valence-corrected chi connectivity index (χ2v) is 16.7. The second-order valence-electron chi connectivity index (χ2n) is 16.7. The standard InChI is InChI=1S/C49H48O8/c1-48(28-56-48)24-34-3-7-36-9-11-42(20-38(36)18-34)52-30-54-46-13-5-32(16-40(46)22-44-26-50-44)15-33-6-14-47(41(17-33)23-45-27-51-45)55-31-53-43-12-10-37-8-4-35(19-39(37)21-43)25-49(2)29-57-49/h3-14,16-21,44-45H,15,22-31H2,1-2H3. The lowest BCUT2D eigenvalue weighted by atomic mass is 9.97. The van der Waals surface area contributed by atoms with E-state index in [9.17, 15) is 0 Å². The molecule has 10 rings (SSSR count). The van der Waals surface area contributed by atoms with Gasteiger partial charge in [-0.25, -0.2) is 0 Å². The number of hydrogen-bond donors (Lipinski definition) is 0. The minimum Gasteiger partial charge on any atom is -0.457 e. The quantitative estimate of drug-likeness (QED) is 0.0634. The molecule has 4 atom stereocenters. The average molecular weight is 765 g/mol. The van der Waals surface area contributed by atoms with Crippen LogP contribution < -0.4 is 18.9 Å². The SMILES string of the molecule is CC1(Cc2ccc3ccc(OCOc4ccc(Cc5ccc(OCOc6ccc7ccc(CC8(C)CO8)cc7c6)c(CC6CO6)c5)cc4CC4CO4)cc3c2)CO1. The van der Waals surface area contributed by atoms with Gasteiger partial charge in [-0.3, -0.25) is 0 Å². The van der Waals surface area contributed by atoms with Gasteiger partial charge in [0.25, 0.3) is 0 Å². The van der Waals surface area contributed by atoms with Crippen molar-refractivity contribution in [2.24, 2.45) is 0 Å². The second kappa shape index (κ2) is 15.0. The van der Waals surface area contributed by atoms with Crippen molar-refractivity contribution in [3.63, 3.8) is 0 Å². The van der Waals surface area contributed by atoms with Crippen molar-refractivity contribution in [2.45, 2.75) is 69.4 Å². The molecule has 292 valence electrons. The molecule has 4 fully saturated rings. The van der Waals surface area contributed by atoms with Gasteiger partial charge in [0.05, 0.1) is 49.8 Å². The number of hydrogen-bond acceptors (Lipinski definition) is 8. The molecule has 0 radical (unpaired) electrons. The third-order valence-corrected chi connectivity index (χ3v) is 11.4. The zero-order chi connectivity index (χ0) is 38.4. The van der Waals surface area contributed by atoms with Crippen molar-refractivity contribution in [3.05, 3.63) is 143 Å². The van der Waals surface area contributed by atoms with Crippen molar-refractivity contribution < 1.29 is 37.9 Å². The highest BCUT2D eigenvalue weighted by Gasteiger charge is 2.39. The smallest absolute Gasteiger partial charge is 0.230 e. The minimum absolute atomic E-state index is 0.0195. The molecule has 4 aliphatic heterocycles. The van der Waals surface area contributed by atoms with E-state index in [0.717, 1.165) is 103 Å². The van der Waals surface area contributed by atoms with Crippen LogP contribution in [-0.4, -0.2) is 63.4 Å². The van der Waals surface area contributed by atoms with E-state index in [2.05, 4.69) is 111 Å². The molecule has 4 saturated heterocycles. The summed E-state index contributed by atoms with van der Waals surface area (Å²) in [4.78, 5) is 0. The summed E-state index contributed by atoms with van der Waals surface area (Å²) in [6.07, 6.45) is 4.66. The van der Waals surface area contributed by atoms with Gasteiger partial charge in [0.1, 0.15) is 23.0 Å². The Morgan fingerprint density at radius 1 is 0.491 bits per heavy atom. The Bertz CT molecular complexity index is 2250. The monoisotopic (exact) mass is 764 g/mol. The molecule has 0 N–H and O–H groups in total. The van der Waals surface area contributed by atoms with Crippen molar-refractivity contribution in [1.82, 2.24) is 0 Å². The van der Waals surface area contributed by atoms with E-state index < -0.39 is 0 Å². The van der Waals surface area contributed by atoms with Crippen LogP contribution in [0.4, 0.5) is 0 Å². The van der Waals surface area contributed by atoms with E-state index in [1.54, 1.807) is 0 Å². The highest BCUT2D eigenvalue weighted by molar-refractivity contribution is 5.85. The largest absolute Gasteiger partial charge is 0.457 e. The van der Waals surface area contributed by atoms with Crippen LogP contribution >= 0.6 is 0 Å². The van der Waals surface area contributed by atoms with Crippen molar-refractivity contribution in [2.75, 3.05) is 40.0 Å². The van der Waals surface area contributed by atoms with E-state index >= 15 is 0 Å². The zero-order valence-electron chi connectivity index (χ0n) is 32.6. The van der Waals surface area contributed by atoms with Crippen LogP contribution in [-0.2, 0) is 51.1 Å². The molecule has 4 aliphatic rings. The fourth-order valence-electron chi connectivity index (χ4n) is 7.77. The topological polar surface area (TPSA) is 87.0 Å². The Kier molecular flexibility index (Phi) is 9.53. The fourth-order valence-corrected chi connectivity index (χ4v) is 7.77. The molecule has 8 heteroatoms. The number of benzene rings is 6. The van der Waals surface area contributed by atoms with Crippen LogP contribution in [0.3, 0.4) is 0 Å². The highest BCUT2D eigenvalue weighted by atomic mass is 16.7. The third kappa shape index (κ3) is 9.21. The van der Waals surface area contributed by atoms with Crippen LogP contribution in [0.5, 0.6) is 23.0 Å². The lowest BCUT2D eigenvalue weighted by Crippen LogP contribution is -2.09. The maximum absolute atomic E-state index is 6.24. The van der Waals surface area contributed by atoms with Gasteiger partial charge in [0.15, 0.2) is 0 Å². The molecule has 0 bridgehead atoms. The summed E-state index contributed by atoms with van der Waals surface area (Å²) in [5.41, 5.74) is 7.16. The number of fused-ring (bicyclic) bond motifs is 2. The van der Waals surface area contributed by atoms with Gasteiger partial charge >= 0.3 is 0 Å². The molecular formula is C49H48O8. The summed E-state index contributed by atoms with van der Waals surface area (Å²) in [7, 11) is 0. The molecule has 0 aliphatic carbocycles. The van der Waals surface area contributed by atoms with Crippen LogP contribution in [0.15, 0.2) is 109 Å². The Hall–Kier alpha value is -5.12. The summed E-state index contributed by atoms with van der Waals surface area (Å²) in [5.74, 6) is 3.19. The normalized spacial score (nSPS) is 23.0. The molecule has 8 nitrogen and oxygen atoms in total. The summed E-state index contributed by atoms with van der Waals surface area (Å²) in [6.45, 7) is 7.75. The maximum Gasteiger partial charge on any atom is 0.230 e. The molecule has 6 aromatic rings. The lowest BCUT2D eigenvalue weighted by Gasteiger charge is -2.16. The van der Waals surface area contributed by atoms with Crippen LogP contribution in [0.1, 0.15) is 47.2 Å². The van der Waals surface area contributed by atoms with Crippen LogP contribution in [0.2, 0.25) is 0 Å². The molecule has 4 heterocycles. The molecule has 0 spiro atoms. The molecule has 0 saturated carbocycles. The molecule has 0 aromatic heterocycles. The van der Waals surface area contributed by atoms with Crippen LogP contribution in [0.25, 0.3) is 21.5 Å². The first kappa shape index (κ1) is 36.2. The molecule has 57 heavy (non-hydrogen) atoms. The summed E-state index contributed by atoms with van der Waals surface area (Å²) < 4.78 is 47.2. The van der Waals surface area contributed by atoms with E-state index in [-0.39, 0.29) is 37.0 Å². The van der Waals surface area contributed by atoms with Crippen molar-refractivity contribution >= 4 is 21.5 Å². The first-order valence-corrected chi connectivity index (χ1v) is 20.1. The Balaban J connectivity index is 0.781. The van der Waals surface area contributed by atoms with Gasteiger partial charge in [0, 0.05) is 25.7 Å². The van der Waals surface area contributed by atoms with Gasteiger partial charge < -0.3 is 37.9 Å². The fraction of sp³-hybridized carbons (Fsp3) is 0.347. The third-order valence-electron chi connectivity index (χ3n) is 11.4. The highest BCUT2D eigenvalue weighted by Crippen LogP contribution is 2.34. The molecular weight excluding hydrogens is 717 g/mol. The Morgan fingerprint density at radius 2 is 0.912 bits per heavy atom. The molecule has 0 amide bonds. The van der Waals surface area contributed by atoms with Crippen molar-refractivity contribution in [1.29, 1.82) is 0 Å². The van der Waals surface area contributed by atoms with E-state index in [4.69, 9.17) is 37.9 Å². The maximum atomic E-state index is 6.24. The van der Waals surface area contributed by atoms with Gasteiger partial charge in [-0.05, 0) is 112 Å². The van der Waals surface area contributed by atoms with Gasteiger partial charge in [-0.1, -0.05) is 72.8 Å². The van der Waals surface area contributed by atoms with Gasteiger partial charge in [-0.15, -0.1) is 0 Å². The van der Waals surface area contributed by atoms with Gasteiger partial charge in [-0.2, -0.15) is 0 Å². The predicted molar refractivity (Wildman–Crippen MR) is 219 cm³/mol. The van der Waals surface area contributed by atoms with E-state index in [1.807, 2.05) is 12.1 Å². The number of epoxide rings is 4. The lowest BCUT2D eigenvalue weighted by molar-refractivity contribution is 0.118.